The maximum Gasteiger partial charge on any atom is 0.309 e. The predicted molar refractivity (Wildman–Crippen MR) is 147 cm³/mol. The van der Waals surface area contributed by atoms with E-state index in [1.165, 1.54) is 12.1 Å². The molecule has 0 amide bonds. The van der Waals surface area contributed by atoms with Crippen molar-refractivity contribution >= 4 is 29.8 Å². The van der Waals surface area contributed by atoms with E-state index in [1.807, 2.05) is 19.9 Å². The van der Waals surface area contributed by atoms with Crippen LogP contribution in [0.3, 0.4) is 0 Å². The van der Waals surface area contributed by atoms with Gasteiger partial charge in [0.1, 0.15) is 11.5 Å². The lowest BCUT2D eigenvalue weighted by molar-refractivity contribution is -0.229. The summed E-state index contributed by atoms with van der Waals surface area (Å²) in [4.78, 5) is 25.9. The largest absolute Gasteiger partial charge is 0.449 e. The van der Waals surface area contributed by atoms with Crippen LogP contribution in [-0.2, 0) is 20.7 Å². The van der Waals surface area contributed by atoms with E-state index in [9.17, 15) is 19.1 Å². The molecule has 0 spiro atoms. The highest BCUT2D eigenvalue weighted by atomic mass is 32.1. The van der Waals surface area contributed by atoms with Gasteiger partial charge in [-0.05, 0) is 93.2 Å². The van der Waals surface area contributed by atoms with Crippen molar-refractivity contribution in [2.24, 2.45) is 28.6 Å². The van der Waals surface area contributed by atoms with Gasteiger partial charge >= 0.3 is 5.97 Å². The fourth-order valence-electron chi connectivity index (χ4n) is 8.97. The number of carbonyl (C=O) groups excluding carboxylic acids is 2. The summed E-state index contributed by atoms with van der Waals surface area (Å²) in [5.41, 5.74) is -1.91. The summed E-state index contributed by atoms with van der Waals surface area (Å²) in [6.07, 6.45) is 6.26. The van der Waals surface area contributed by atoms with Crippen LogP contribution in [0.25, 0.3) is 11.8 Å². The number of benzene rings is 1. The van der Waals surface area contributed by atoms with Crippen molar-refractivity contribution in [3.8, 4) is 5.69 Å². The van der Waals surface area contributed by atoms with Gasteiger partial charge in [0.2, 0.25) is 5.12 Å². The highest BCUT2D eigenvalue weighted by Gasteiger charge is 2.75. The van der Waals surface area contributed by atoms with E-state index in [2.05, 4.69) is 17.7 Å². The second-order valence-electron chi connectivity index (χ2n) is 13.1. The number of thiol groups is 1. The number of ether oxygens (including phenoxy) is 1. The van der Waals surface area contributed by atoms with Gasteiger partial charge in [-0.3, -0.25) is 9.59 Å². The van der Waals surface area contributed by atoms with Gasteiger partial charge in [0.05, 0.1) is 29.6 Å². The lowest BCUT2D eigenvalue weighted by Gasteiger charge is -2.63. The first-order valence-corrected chi connectivity index (χ1v) is 14.8. The van der Waals surface area contributed by atoms with Gasteiger partial charge in [0, 0.05) is 16.7 Å². The maximum atomic E-state index is 17.9. The zero-order valence-corrected chi connectivity index (χ0v) is 23.6. The van der Waals surface area contributed by atoms with E-state index in [0.717, 1.165) is 35.4 Å². The normalized spacial score (nSPS) is 39.9. The molecule has 1 N–H and O–H groups in total. The van der Waals surface area contributed by atoms with Crippen LogP contribution < -0.4 is 0 Å². The number of aromatic nitrogens is 2. The van der Waals surface area contributed by atoms with Crippen molar-refractivity contribution in [2.75, 3.05) is 0 Å². The Labute approximate surface area is 237 Å². The van der Waals surface area contributed by atoms with Crippen molar-refractivity contribution in [2.45, 2.75) is 82.6 Å². The number of alkyl halides is 1. The molecule has 7 atom stereocenters. The summed E-state index contributed by atoms with van der Waals surface area (Å²) in [6, 6.07) is 6.11. The molecule has 0 saturated heterocycles. The monoisotopic (exact) mass is 568 g/mol. The lowest BCUT2D eigenvalue weighted by Crippen LogP contribution is -2.70. The van der Waals surface area contributed by atoms with Crippen molar-refractivity contribution in [1.29, 1.82) is 0 Å². The molecule has 5 aliphatic carbocycles. The minimum absolute atomic E-state index is 0.0134. The first-order valence-electron chi connectivity index (χ1n) is 14.3. The minimum Gasteiger partial charge on any atom is -0.449 e. The Kier molecular flexibility index (Phi) is 5.61. The zero-order chi connectivity index (χ0) is 28.2. The summed E-state index contributed by atoms with van der Waals surface area (Å²) in [5.74, 6) is -1.65. The molecule has 5 aliphatic rings. The van der Waals surface area contributed by atoms with Crippen LogP contribution in [0.15, 0.2) is 36.0 Å². The summed E-state index contributed by atoms with van der Waals surface area (Å²) < 4.78 is 39.2. The van der Waals surface area contributed by atoms with Gasteiger partial charge in [-0.1, -0.05) is 19.4 Å². The first kappa shape index (κ1) is 26.4. The predicted octanol–water partition coefficient (Wildman–Crippen LogP) is 5.40. The molecule has 4 fully saturated rings. The number of allylic oxidation sites excluding steroid dienone is 1. The second-order valence-corrected chi connectivity index (χ2v) is 13.6. The third-order valence-electron chi connectivity index (χ3n) is 11.3. The number of fused-ring (bicyclic) bond motifs is 6. The summed E-state index contributed by atoms with van der Waals surface area (Å²) >= 11 is 4.21. The van der Waals surface area contributed by atoms with Gasteiger partial charge < -0.3 is 9.84 Å². The van der Waals surface area contributed by atoms with Crippen LogP contribution >= 0.6 is 12.6 Å². The number of aliphatic hydroxyl groups excluding tert-OH is 1. The van der Waals surface area contributed by atoms with E-state index in [1.54, 1.807) is 23.0 Å². The second kappa shape index (κ2) is 8.51. The average Bonchev–Trinajstić information content (AvgIpc) is 3.63. The molecular formula is C31H34F2N2O4S. The Bertz CT molecular complexity index is 1450. The molecule has 1 aromatic carbocycles. The molecule has 40 heavy (non-hydrogen) atoms. The fraction of sp³-hybridized carbons (Fsp3) is 0.581. The number of rotatable bonds is 4. The third kappa shape index (κ3) is 3.28. The standard InChI is InChI=1S/C31H34F2N2O4S/c1-28-14-18-16-34-35(21-8-6-20(32)7-9-21)24(18)13-19(28)5-10-23-22-11-12-30(27(38)40,39-26(37)17-3-4-17)29(22,2)15-25(36)31(23,28)33/h6-9,13,16-17,22-23,25,36H,3-5,10-12,14-15H2,1-2H3,(H,38,40)/t22-,23-,25-,28-,29-,30-,31-/m0/s1. The van der Waals surface area contributed by atoms with Gasteiger partial charge in [-0.25, -0.2) is 13.5 Å². The average molecular weight is 569 g/mol. The van der Waals surface area contributed by atoms with Crippen LogP contribution in [0.5, 0.6) is 0 Å². The van der Waals surface area contributed by atoms with E-state index >= 15 is 4.39 Å². The highest BCUT2D eigenvalue weighted by molar-refractivity contribution is 7.96. The van der Waals surface area contributed by atoms with E-state index in [0.29, 0.717) is 32.1 Å². The van der Waals surface area contributed by atoms with Crippen molar-refractivity contribution in [1.82, 2.24) is 9.78 Å². The number of hydrogen-bond acceptors (Lipinski definition) is 5. The molecule has 212 valence electrons. The Morgan fingerprint density at radius 3 is 2.52 bits per heavy atom. The van der Waals surface area contributed by atoms with Gasteiger partial charge in [0.25, 0.3) is 0 Å². The summed E-state index contributed by atoms with van der Waals surface area (Å²) in [6.45, 7) is 3.80. The topological polar surface area (TPSA) is 81.4 Å². The zero-order valence-electron chi connectivity index (χ0n) is 22.7. The molecule has 2 aromatic rings. The van der Waals surface area contributed by atoms with E-state index < -0.39 is 39.2 Å². The van der Waals surface area contributed by atoms with Crippen LogP contribution in [0.2, 0.25) is 0 Å². The molecule has 0 radical (unpaired) electrons. The maximum absolute atomic E-state index is 17.9. The number of nitrogens with zero attached hydrogens (tertiary/aromatic N) is 2. The smallest absolute Gasteiger partial charge is 0.309 e. The molecule has 0 unspecified atom stereocenters. The number of aliphatic hydroxyl groups is 1. The number of carbonyl (C=O) groups is 2. The van der Waals surface area contributed by atoms with Crippen LogP contribution in [0, 0.1) is 34.4 Å². The molecule has 1 heterocycles. The summed E-state index contributed by atoms with van der Waals surface area (Å²) in [7, 11) is 0. The van der Waals surface area contributed by atoms with E-state index in [-0.39, 0.29) is 30.0 Å². The Morgan fingerprint density at radius 2 is 1.85 bits per heavy atom. The molecule has 7 rings (SSSR count). The molecule has 0 bridgehead atoms. The highest BCUT2D eigenvalue weighted by Crippen LogP contribution is 2.71. The SMILES string of the molecule is C[C@]12Cc3cnn(-c4ccc(F)cc4)c3C=C1CC[C@H]1[C@@H]3CC[C@](OC(=O)C4CC4)(C(=O)S)[C@@]3(C)C[C@H](O)[C@@]12F. The van der Waals surface area contributed by atoms with Gasteiger partial charge in [0.15, 0.2) is 5.60 Å². The molecule has 9 heteroatoms. The van der Waals surface area contributed by atoms with Crippen molar-refractivity contribution in [3.63, 3.8) is 0 Å². The first-order chi connectivity index (χ1) is 18.9. The number of halogens is 2. The van der Waals surface area contributed by atoms with Gasteiger partial charge in [-0.2, -0.15) is 5.10 Å². The van der Waals surface area contributed by atoms with Gasteiger partial charge in [-0.15, -0.1) is 12.6 Å². The minimum atomic E-state index is -1.94. The molecule has 0 aliphatic heterocycles. The fourth-order valence-corrected chi connectivity index (χ4v) is 9.38. The van der Waals surface area contributed by atoms with Crippen LogP contribution in [-0.4, -0.2) is 43.3 Å². The van der Waals surface area contributed by atoms with Crippen molar-refractivity contribution in [3.05, 3.63) is 53.1 Å². The van der Waals surface area contributed by atoms with Crippen LogP contribution in [0.1, 0.15) is 70.1 Å². The van der Waals surface area contributed by atoms with E-state index in [4.69, 9.17) is 4.74 Å². The number of esters is 1. The summed E-state index contributed by atoms with van der Waals surface area (Å²) in [5, 5.41) is 15.8. The molecule has 1 aromatic heterocycles. The Balaban J connectivity index is 1.26. The quantitative estimate of drug-likeness (QED) is 0.381. The molecule has 6 nitrogen and oxygen atoms in total. The Hall–Kier alpha value is -2.52. The molecular weight excluding hydrogens is 534 g/mol. The lowest BCUT2D eigenvalue weighted by atomic mass is 9.44. The number of hydrogen-bond donors (Lipinski definition) is 2. The Morgan fingerprint density at radius 1 is 1.12 bits per heavy atom. The van der Waals surface area contributed by atoms with Crippen molar-refractivity contribution < 1.29 is 28.2 Å². The van der Waals surface area contributed by atoms with Crippen LogP contribution in [0.4, 0.5) is 8.78 Å². The molecule has 4 saturated carbocycles. The third-order valence-corrected chi connectivity index (χ3v) is 11.7.